The summed E-state index contributed by atoms with van der Waals surface area (Å²) in [4.78, 5) is 11.9. The molecule has 29 heavy (non-hydrogen) atoms. The molecule has 1 N–H and O–H groups in total. The van der Waals surface area contributed by atoms with Crippen molar-refractivity contribution in [2.45, 2.75) is 69.5 Å². The lowest BCUT2D eigenvalue weighted by Crippen LogP contribution is -2.25. The van der Waals surface area contributed by atoms with Crippen molar-refractivity contribution in [1.82, 2.24) is 20.1 Å². The molecule has 1 fully saturated rings. The van der Waals surface area contributed by atoms with Crippen LogP contribution in [0, 0.1) is 11.3 Å². The Hall–Kier alpha value is -2.33. The van der Waals surface area contributed by atoms with E-state index in [1.165, 1.54) is 36.6 Å². The van der Waals surface area contributed by atoms with Crippen LogP contribution < -0.4 is 5.32 Å². The number of hydrogen-bond donors (Lipinski definition) is 1. The number of amides is 1. The zero-order valence-corrected chi connectivity index (χ0v) is 18.3. The molecule has 1 aromatic carbocycles. The summed E-state index contributed by atoms with van der Waals surface area (Å²) in [5.74, 6) is 0.943. The number of benzene rings is 1. The van der Waals surface area contributed by atoms with Crippen molar-refractivity contribution in [3.63, 3.8) is 0 Å². The fraction of sp³-hybridized carbons (Fsp3) is 0.545. The highest BCUT2D eigenvalue weighted by atomic mass is 32.2. The number of aromatic nitrogens is 3. The van der Waals surface area contributed by atoms with E-state index in [0.717, 1.165) is 29.4 Å². The van der Waals surface area contributed by atoms with Crippen molar-refractivity contribution >= 4 is 17.7 Å². The first-order valence-electron chi connectivity index (χ1n) is 10.2. The Labute approximate surface area is 177 Å². The maximum atomic E-state index is 11.9. The van der Waals surface area contributed by atoms with Crippen LogP contribution in [0.3, 0.4) is 0 Å². The summed E-state index contributed by atoms with van der Waals surface area (Å²) in [7, 11) is 0. The van der Waals surface area contributed by atoms with E-state index in [2.05, 4.69) is 65.1 Å². The van der Waals surface area contributed by atoms with E-state index in [-0.39, 0.29) is 23.6 Å². The third kappa shape index (κ3) is 5.39. The predicted molar refractivity (Wildman–Crippen MR) is 116 cm³/mol. The molecule has 0 radical (unpaired) electrons. The average Bonchev–Trinajstić information content (AvgIpc) is 3.14. The van der Waals surface area contributed by atoms with E-state index in [4.69, 9.17) is 5.26 Å². The van der Waals surface area contributed by atoms with Gasteiger partial charge in [0.25, 0.3) is 0 Å². The molecule has 0 saturated heterocycles. The Morgan fingerprint density at radius 2 is 1.90 bits per heavy atom. The normalized spacial score (nSPS) is 15.1. The molecular formula is C22H29N5OS. The molecule has 0 aliphatic heterocycles. The van der Waals surface area contributed by atoms with E-state index < -0.39 is 0 Å². The molecule has 0 spiro atoms. The minimum atomic E-state index is -0.161. The lowest BCUT2D eigenvalue weighted by Gasteiger charge is -2.26. The lowest BCUT2D eigenvalue weighted by molar-refractivity contribution is -0.118. The minimum absolute atomic E-state index is 0.0279. The lowest BCUT2D eigenvalue weighted by atomic mass is 9.86. The van der Waals surface area contributed by atoms with Gasteiger partial charge in [-0.05, 0) is 23.8 Å². The van der Waals surface area contributed by atoms with E-state index >= 15 is 0 Å². The fourth-order valence-corrected chi connectivity index (χ4v) is 4.51. The van der Waals surface area contributed by atoms with Crippen LogP contribution in [0.15, 0.2) is 29.4 Å². The van der Waals surface area contributed by atoms with Crippen LogP contribution in [-0.4, -0.2) is 33.0 Å². The molecule has 0 bridgehead atoms. The van der Waals surface area contributed by atoms with Crippen molar-refractivity contribution in [1.29, 1.82) is 5.26 Å². The van der Waals surface area contributed by atoms with Gasteiger partial charge in [0.2, 0.25) is 5.91 Å². The Bertz CT molecular complexity index is 870. The second-order valence-corrected chi connectivity index (χ2v) is 9.46. The van der Waals surface area contributed by atoms with E-state index in [1.807, 2.05) is 6.07 Å². The van der Waals surface area contributed by atoms with Crippen LogP contribution in [0.5, 0.6) is 0 Å². The van der Waals surface area contributed by atoms with Gasteiger partial charge in [0.15, 0.2) is 11.0 Å². The summed E-state index contributed by atoms with van der Waals surface area (Å²) in [6.07, 6.45) is 5.90. The summed E-state index contributed by atoms with van der Waals surface area (Å²) in [6, 6.07) is 10.9. The van der Waals surface area contributed by atoms with Crippen LogP contribution >= 0.6 is 11.8 Å². The Morgan fingerprint density at radius 3 is 2.52 bits per heavy atom. The molecule has 0 atom stereocenters. The summed E-state index contributed by atoms with van der Waals surface area (Å²) >= 11 is 1.39. The van der Waals surface area contributed by atoms with Gasteiger partial charge in [-0.1, -0.05) is 76.1 Å². The van der Waals surface area contributed by atoms with Crippen molar-refractivity contribution in [3.8, 4) is 17.5 Å². The maximum absolute atomic E-state index is 11.9. The SMILES string of the molecule is CC(C)(C)c1ccc(-c2nnc(SCC(=O)NCC#N)n2C2CCCCC2)cc1. The summed E-state index contributed by atoms with van der Waals surface area (Å²) < 4.78 is 2.23. The number of nitrogens with one attached hydrogen (secondary N) is 1. The molecule has 0 unspecified atom stereocenters. The van der Waals surface area contributed by atoms with Gasteiger partial charge in [-0.2, -0.15) is 5.26 Å². The largest absolute Gasteiger partial charge is 0.342 e. The molecule has 1 aliphatic carbocycles. The van der Waals surface area contributed by atoms with Gasteiger partial charge in [-0.3, -0.25) is 9.36 Å². The Morgan fingerprint density at radius 1 is 1.21 bits per heavy atom. The van der Waals surface area contributed by atoms with Crippen LogP contribution in [0.4, 0.5) is 0 Å². The first kappa shape index (κ1) is 21.4. The van der Waals surface area contributed by atoms with Gasteiger partial charge in [0, 0.05) is 11.6 Å². The van der Waals surface area contributed by atoms with Crippen LogP contribution in [0.1, 0.15) is 64.5 Å². The molecule has 1 aromatic heterocycles. The molecule has 3 rings (SSSR count). The number of nitrogens with zero attached hydrogens (tertiary/aromatic N) is 4. The summed E-state index contributed by atoms with van der Waals surface area (Å²) in [5, 5.41) is 20.9. The van der Waals surface area contributed by atoms with Crippen molar-refractivity contribution in [2.75, 3.05) is 12.3 Å². The second-order valence-electron chi connectivity index (χ2n) is 8.52. The first-order chi connectivity index (χ1) is 13.9. The highest BCUT2D eigenvalue weighted by molar-refractivity contribution is 7.99. The monoisotopic (exact) mass is 411 g/mol. The van der Waals surface area contributed by atoms with E-state index in [1.54, 1.807) is 0 Å². The molecule has 7 heteroatoms. The predicted octanol–water partition coefficient (Wildman–Crippen LogP) is 4.48. The molecule has 6 nitrogen and oxygen atoms in total. The average molecular weight is 412 g/mol. The number of thioether (sulfide) groups is 1. The zero-order valence-electron chi connectivity index (χ0n) is 17.4. The topological polar surface area (TPSA) is 83.6 Å². The van der Waals surface area contributed by atoms with Gasteiger partial charge in [-0.25, -0.2) is 0 Å². The van der Waals surface area contributed by atoms with Crippen LogP contribution in [-0.2, 0) is 10.2 Å². The second kappa shape index (κ2) is 9.45. The zero-order chi connectivity index (χ0) is 20.9. The number of nitriles is 1. The molecule has 2 aromatic rings. The number of carbonyl (C=O) groups excluding carboxylic acids is 1. The number of carbonyl (C=O) groups is 1. The standard InChI is InChI=1S/C22H29N5OS/c1-22(2,3)17-11-9-16(10-12-17)20-25-26-21(29-15-19(28)24-14-13-23)27(20)18-7-5-4-6-8-18/h9-12,18H,4-8,14-15H2,1-3H3,(H,24,28). The molecule has 1 heterocycles. The van der Waals surface area contributed by atoms with Gasteiger partial charge < -0.3 is 5.32 Å². The van der Waals surface area contributed by atoms with Gasteiger partial charge in [-0.15, -0.1) is 10.2 Å². The van der Waals surface area contributed by atoms with Crippen LogP contribution in [0.25, 0.3) is 11.4 Å². The minimum Gasteiger partial charge on any atom is -0.342 e. The molecule has 1 aliphatic rings. The fourth-order valence-electron chi connectivity index (χ4n) is 3.68. The Balaban J connectivity index is 1.87. The first-order valence-corrected chi connectivity index (χ1v) is 11.2. The van der Waals surface area contributed by atoms with E-state index in [0.29, 0.717) is 6.04 Å². The van der Waals surface area contributed by atoms with Crippen molar-refractivity contribution in [3.05, 3.63) is 29.8 Å². The summed E-state index contributed by atoms with van der Waals surface area (Å²) in [6.45, 7) is 6.65. The summed E-state index contributed by atoms with van der Waals surface area (Å²) in [5.41, 5.74) is 2.44. The Kier molecular flexibility index (Phi) is 6.96. The molecular weight excluding hydrogens is 382 g/mol. The van der Waals surface area contributed by atoms with Crippen LogP contribution in [0.2, 0.25) is 0 Å². The maximum Gasteiger partial charge on any atom is 0.231 e. The number of hydrogen-bond acceptors (Lipinski definition) is 5. The van der Waals surface area contributed by atoms with Gasteiger partial charge in [0.05, 0.1) is 11.8 Å². The molecule has 1 saturated carbocycles. The number of rotatable bonds is 6. The third-order valence-corrected chi connectivity index (χ3v) is 6.25. The van der Waals surface area contributed by atoms with Gasteiger partial charge in [0.1, 0.15) is 6.54 Å². The highest BCUT2D eigenvalue weighted by Gasteiger charge is 2.24. The molecule has 1 amide bonds. The third-order valence-electron chi connectivity index (χ3n) is 5.31. The van der Waals surface area contributed by atoms with Crippen molar-refractivity contribution < 1.29 is 4.79 Å². The quantitative estimate of drug-likeness (QED) is 0.560. The van der Waals surface area contributed by atoms with Gasteiger partial charge >= 0.3 is 0 Å². The molecule has 154 valence electrons. The van der Waals surface area contributed by atoms with E-state index in [9.17, 15) is 4.79 Å². The highest BCUT2D eigenvalue weighted by Crippen LogP contribution is 2.36. The smallest absolute Gasteiger partial charge is 0.231 e. The van der Waals surface area contributed by atoms with Crippen molar-refractivity contribution in [2.24, 2.45) is 0 Å².